The fraction of sp³-hybridized carbons (Fsp3) is 0.833. The summed E-state index contributed by atoms with van der Waals surface area (Å²) in [6.45, 7) is 5.90. The van der Waals surface area contributed by atoms with Crippen LogP contribution in [-0.2, 0) is 9.59 Å². The van der Waals surface area contributed by atoms with E-state index in [2.05, 4.69) is 10.2 Å². The van der Waals surface area contributed by atoms with Crippen molar-refractivity contribution in [3.63, 3.8) is 0 Å². The zero-order valence-corrected chi connectivity index (χ0v) is 11.0. The normalized spacial score (nSPS) is 16.7. The highest BCUT2D eigenvalue weighted by Gasteiger charge is 2.25. The van der Waals surface area contributed by atoms with Crippen LogP contribution in [-0.4, -0.2) is 72.6 Å². The smallest absolute Gasteiger partial charge is 0.311 e. The number of nitrogens with zero attached hydrogens (tertiary/aromatic N) is 2. The molecule has 0 aliphatic carbocycles. The first-order chi connectivity index (χ1) is 8.69. The van der Waals surface area contributed by atoms with Crippen molar-refractivity contribution in [3.05, 3.63) is 0 Å². The highest BCUT2D eigenvalue weighted by atomic mass is 16.3. The van der Waals surface area contributed by atoms with E-state index in [0.29, 0.717) is 39.3 Å². The predicted molar refractivity (Wildman–Crippen MR) is 68.0 cm³/mol. The molecule has 1 heterocycles. The molecule has 0 saturated carbocycles. The van der Waals surface area contributed by atoms with Crippen LogP contribution in [0.4, 0.5) is 0 Å². The molecular formula is C12H23N3O3. The number of aliphatic hydroxyl groups is 1. The molecule has 0 aromatic carbocycles. The van der Waals surface area contributed by atoms with Gasteiger partial charge >= 0.3 is 11.8 Å². The molecule has 0 bridgehead atoms. The van der Waals surface area contributed by atoms with Crippen LogP contribution in [0.2, 0.25) is 0 Å². The summed E-state index contributed by atoms with van der Waals surface area (Å²) < 4.78 is 0. The van der Waals surface area contributed by atoms with Crippen molar-refractivity contribution in [1.82, 2.24) is 15.1 Å². The summed E-state index contributed by atoms with van der Waals surface area (Å²) in [7, 11) is 0. The van der Waals surface area contributed by atoms with E-state index >= 15 is 0 Å². The third-order valence-corrected chi connectivity index (χ3v) is 3.09. The number of rotatable bonds is 5. The highest BCUT2D eigenvalue weighted by molar-refractivity contribution is 6.35. The molecule has 0 unspecified atom stereocenters. The van der Waals surface area contributed by atoms with Crippen molar-refractivity contribution >= 4 is 11.8 Å². The maximum Gasteiger partial charge on any atom is 0.311 e. The van der Waals surface area contributed by atoms with Crippen LogP contribution in [0.25, 0.3) is 0 Å². The third kappa shape index (κ3) is 4.62. The molecule has 0 spiro atoms. The molecule has 1 aliphatic rings. The van der Waals surface area contributed by atoms with E-state index in [0.717, 1.165) is 12.8 Å². The second kappa shape index (κ2) is 8.05. The molecule has 0 aromatic rings. The van der Waals surface area contributed by atoms with Crippen LogP contribution in [0.15, 0.2) is 0 Å². The van der Waals surface area contributed by atoms with E-state index in [1.54, 1.807) is 4.90 Å². The second-order valence-electron chi connectivity index (χ2n) is 4.47. The fourth-order valence-corrected chi connectivity index (χ4v) is 1.91. The Bertz CT molecular complexity index is 276. The molecule has 1 fully saturated rings. The number of nitrogens with one attached hydrogen (secondary N) is 1. The van der Waals surface area contributed by atoms with Gasteiger partial charge in [0.05, 0.1) is 6.61 Å². The molecular weight excluding hydrogens is 234 g/mol. The lowest BCUT2D eigenvalue weighted by Gasteiger charge is -2.33. The molecule has 6 heteroatoms. The zero-order chi connectivity index (χ0) is 13.4. The van der Waals surface area contributed by atoms with Crippen LogP contribution in [0.5, 0.6) is 0 Å². The van der Waals surface area contributed by atoms with Crippen molar-refractivity contribution in [2.45, 2.75) is 19.8 Å². The first-order valence-corrected chi connectivity index (χ1v) is 6.59. The van der Waals surface area contributed by atoms with Crippen LogP contribution in [0.1, 0.15) is 19.8 Å². The summed E-state index contributed by atoms with van der Waals surface area (Å²) in [5.74, 6) is -0.936. The number of aliphatic hydroxyl groups excluding tert-OH is 1. The van der Waals surface area contributed by atoms with Gasteiger partial charge in [0.15, 0.2) is 0 Å². The summed E-state index contributed by atoms with van der Waals surface area (Å²) in [6, 6.07) is 0. The Labute approximate surface area is 108 Å². The molecule has 2 N–H and O–H groups in total. The number of carbonyl (C=O) groups is 2. The minimum absolute atomic E-state index is 0.130. The van der Waals surface area contributed by atoms with Gasteiger partial charge in [0.1, 0.15) is 0 Å². The number of hydrogen-bond acceptors (Lipinski definition) is 4. The van der Waals surface area contributed by atoms with Gasteiger partial charge in [-0.05, 0) is 6.42 Å². The average molecular weight is 257 g/mol. The summed E-state index contributed by atoms with van der Waals surface area (Å²) in [4.78, 5) is 27.0. The van der Waals surface area contributed by atoms with Gasteiger partial charge < -0.3 is 15.3 Å². The standard InChI is InChI=1S/C12H23N3O3/c1-2-3-4-13-11(17)12(18)15-7-5-14(6-8-15)9-10-16/h16H,2-10H2,1H3,(H,13,17). The fourth-order valence-electron chi connectivity index (χ4n) is 1.91. The van der Waals surface area contributed by atoms with E-state index < -0.39 is 11.8 Å². The minimum Gasteiger partial charge on any atom is -0.395 e. The monoisotopic (exact) mass is 257 g/mol. The lowest BCUT2D eigenvalue weighted by molar-refractivity contribution is -0.147. The van der Waals surface area contributed by atoms with Crippen LogP contribution in [0.3, 0.4) is 0 Å². The van der Waals surface area contributed by atoms with E-state index in [-0.39, 0.29) is 6.61 Å². The van der Waals surface area contributed by atoms with Crippen molar-refractivity contribution in [3.8, 4) is 0 Å². The van der Waals surface area contributed by atoms with Crippen molar-refractivity contribution in [2.75, 3.05) is 45.9 Å². The number of carbonyl (C=O) groups excluding carboxylic acids is 2. The quantitative estimate of drug-likeness (QED) is 0.491. The van der Waals surface area contributed by atoms with E-state index in [1.165, 1.54) is 0 Å². The Morgan fingerprint density at radius 3 is 2.44 bits per heavy atom. The first-order valence-electron chi connectivity index (χ1n) is 6.59. The second-order valence-corrected chi connectivity index (χ2v) is 4.47. The van der Waals surface area contributed by atoms with Crippen molar-refractivity contribution < 1.29 is 14.7 Å². The Hall–Kier alpha value is -1.14. The van der Waals surface area contributed by atoms with Crippen molar-refractivity contribution in [1.29, 1.82) is 0 Å². The van der Waals surface area contributed by atoms with Gasteiger partial charge in [-0.2, -0.15) is 0 Å². The molecule has 0 aromatic heterocycles. The number of piperazine rings is 1. The molecule has 1 saturated heterocycles. The Kier molecular flexibility index (Phi) is 6.67. The van der Waals surface area contributed by atoms with Crippen LogP contribution < -0.4 is 5.32 Å². The van der Waals surface area contributed by atoms with Crippen molar-refractivity contribution in [2.24, 2.45) is 0 Å². The Morgan fingerprint density at radius 2 is 1.89 bits per heavy atom. The largest absolute Gasteiger partial charge is 0.395 e. The van der Waals surface area contributed by atoms with Gasteiger partial charge in [-0.1, -0.05) is 13.3 Å². The van der Waals surface area contributed by atoms with Gasteiger partial charge in [0.25, 0.3) is 0 Å². The zero-order valence-electron chi connectivity index (χ0n) is 11.0. The predicted octanol–water partition coefficient (Wildman–Crippen LogP) is -0.961. The Balaban J connectivity index is 2.28. The topological polar surface area (TPSA) is 72.9 Å². The van der Waals surface area contributed by atoms with Gasteiger partial charge in [0.2, 0.25) is 0 Å². The number of amides is 2. The summed E-state index contributed by atoms with van der Waals surface area (Å²) in [5.41, 5.74) is 0. The maximum absolute atomic E-state index is 11.8. The number of β-amino-alcohol motifs (C(OH)–C–C–N with tert-alkyl or cyclic N) is 1. The highest BCUT2D eigenvalue weighted by Crippen LogP contribution is 2.01. The lowest BCUT2D eigenvalue weighted by Crippen LogP contribution is -2.53. The van der Waals surface area contributed by atoms with Gasteiger partial charge in [-0.15, -0.1) is 0 Å². The molecule has 1 rings (SSSR count). The SMILES string of the molecule is CCCCNC(=O)C(=O)N1CCN(CCO)CC1. The summed E-state index contributed by atoms with van der Waals surface area (Å²) in [5, 5.41) is 11.4. The number of hydrogen-bond donors (Lipinski definition) is 2. The van der Waals surface area contributed by atoms with Gasteiger partial charge in [0, 0.05) is 39.3 Å². The molecule has 6 nitrogen and oxygen atoms in total. The molecule has 104 valence electrons. The summed E-state index contributed by atoms with van der Waals surface area (Å²) >= 11 is 0. The van der Waals surface area contributed by atoms with E-state index in [1.807, 2.05) is 6.92 Å². The molecule has 0 atom stereocenters. The number of unbranched alkanes of at least 4 members (excludes halogenated alkanes) is 1. The maximum atomic E-state index is 11.8. The molecule has 2 amide bonds. The van der Waals surface area contributed by atoms with Gasteiger partial charge in [-0.3, -0.25) is 14.5 Å². The third-order valence-electron chi connectivity index (χ3n) is 3.09. The minimum atomic E-state index is -0.501. The molecule has 0 radical (unpaired) electrons. The van der Waals surface area contributed by atoms with E-state index in [9.17, 15) is 9.59 Å². The van der Waals surface area contributed by atoms with Crippen LogP contribution >= 0.6 is 0 Å². The summed E-state index contributed by atoms with van der Waals surface area (Å²) in [6.07, 6.45) is 1.89. The van der Waals surface area contributed by atoms with Crippen LogP contribution in [0, 0.1) is 0 Å². The average Bonchev–Trinajstić information content (AvgIpc) is 2.39. The lowest BCUT2D eigenvalue weighted by atomic mass is 10.3. The first kappa shape index (κ1) is 14.9. The van der Waals surface area contributed by atoms with Gasteiger partial charge in [-0.25, -0.2) is 0 Å². The molecule has 1 aliphatic heterocycles. The molecule has 18 heavy (non-hydrogen) atoms. The Morgan fingerprint density at radius 1 is 1.22 bits per heavy atom. The van der Waals surface area contributed by atoms with E-state index in [4.69, 9.17) is 5.11 Å².